The number of rotatable bonds is 3. The van der Waals surface area contributed by atoms with Crippen LogP contribution in [0.2, 0.25) is 0 Å². The third kappa shape index (κ3) is 3.84. The molecule has 0 saturated carbocycles. The molecule has 0 spiro atoms. The van der Waals surface area contributed by atoms with Gasteiger partial charge in [0, 0.05) is 45.8 Å². The number of carbonyl (C=O) groups excluding carboxylic acids is 1. The predicted octanol–water partition coefficient (Wildman–Crippen LogP) is 1.57. The fraction of sp³-hybridized carbons (Fsp3) is 0.562. The van der Waals surface area contributed by atoms with Crippen molar-refractivity contribution in [3.8, 4) is 0 Å². The van der Waals surface area contributed by atoms with Gasteiger partial charge in [-0.25, -0.2) is 0 Å². The second-order valence-electron chi connectivity index (χ2n) is 6.15. The molecule has 0 aromatic heterocycles. The molecule has 1 aromatic carbocycles. The Morgan fingerprint density at radius 2 is 1.87 bits per heavy atom. The molecule has 0 atom stereocenters. The summed E-state index contributed by atoms with van der Waals surface area (Å²) in [5, 5.41) is 3.09. The zero-order chi connectivity index (χ0) is 16.4. The van der Waals surface area contributed by atoms with Gasteiger partial charge in [-0.15, -0.1) is 0 Å². The Morgan fingerprint density at radius 3 is 2.43 bits per heavy atom. The van der Waals surface area contributed by atoms with E-state index >= 15 is 0 Å². The molecular formula is C16H20F3N3O. The Morgan fingerprint density at radius 1 is 1.17 bits per heavy atom. The Hall–Kier alpha value is -1.60. The van der Waals surface area contributed by atoms with E-state index in [0.717, 1.165) is 19.2 Å². The van der Waals surface area contributed by atoms with E-state index in [2.05, 4.69) is 10.2 Å². The molecule has 0 radical (unpaired) electrons. The van der Waals surface area contributed by atoms with Gasteiger partial charge in [-0.05, 0) is 11.6 Å². The standard InChI is InChI=1S/C16H20F3N3O/c17-16(18,19)14-3-1-2-12(8-14)11-21-4-6-22(7-5-21)15(23)13-9-20-10-13/h1-3,8,13,20H,4-7,9-11H2. The summed E-state index contributed by atoms with van der Waals surface area (Å²) in [6.45, 7) is 4.68. The Kier molecular flexibility index (Phi) is 4.59. The largest absolute Gasteiger partial charge is 0.416 e. The monoisotopic (exact) mass is 327 g/mol. The zero-order valence-corrected chi connectivity index (χ0v) is 12.8. The van der Waals surface area contributed by atoms with Crippen molar-refractivity contribution < 1.29 is 18.0 Å². The number of nitrogens with zero attached hydrogens (tertiary/aromatic N) is 2. The average molecular weight is 327 g/mol. The van der Waals surface area contributed by atoms with E-state index in [-0.39, 0.29) is 11.8 Å². The second kappa shape index (κ2) is 6.49. The summed E-state index contributed by atoms with van der Waals surface area (Å²) in [5.41, 5.74) is 0.0455. The number of alkyl halides is 3. The van der Waals surface area contributed by atoms with Gasteiger partial charge in [0.25, 0.3) is 0 Å². The number of piperazine rings is 1. The number of hydrogen-bond acceptors (Lipinski definition) is 3. The van der Waals surface area contributed by atoms with Gasteiger partial charge in [-0.1, -0.05) is 18.2 Å². The Bertz CT molecular complexity index is 564. The number of hydrogen-bond donors (Lipinski definition) is 1. The van der Waals surface area contributed by atoms with Gasteiger partial charge in [-0.2, -0.15) is 13.2 Å². The first-order valence-corrected chi connectivity index (χ1v) is 7.81. The first kappa shape index (κ1) is 16.3. The highest BCUT2D eigenvalue weighted by Gasteiger charge is 2.32. The van der Waals surface area contributed by atoms with Crippen molar-refractivity contribution in [2.24, 2.45) is 5.92 Å². The molecule has 23 heavy (non-hydrogen) atoms. The highest BCUT2D eigenvalue weighted by Crippen LogP contribution is 2.29. The predicted molar refractivity (Wildman–Crippen MR) is 79.7 cm³/mol. The molecule has 126 valence electrons. The quantitative estimate of drug-likeness (QED) is 0.915. The molecule has 2 fully saturated rings. The first-order valence-electron chi connectivity index (χ1n) is 7.81. The lowest BCUT2D eigenvalue weighted by Gasteiger charge is -2.38. The highest BCUT2D eigenvalue weighted by molar-refractivity contribution is 5.80. The minimum absolute atomic E-state index is 0.102. The summed E-state index contributed by atoms with van der Waals surface area (Å²) < 4.78 is 38.2. The van der Waals surface area contributed by atoms with Gasteiger partial charge < -0.3 is 10.2 Å². The Balaban J connectivity index is 1.53. The molecule has 4 nitrogen and oxygen atoms in total. The zero-order valence-electron chi connectivity index (χ0n) is 12.8. The van der Waals surface area contributed by atoms with Crippen molar-refractivity contribution in [3.05, 3.63) is 35.4 Å². The molecule has 2 heterocycles. The van der Waals surface area contributed by atoms with E-state index in [9.17, 15) is 18.0 Å². The third-order valence-electron chi connectivity index (χ3n) is 4.48. The summed E-state index contributed by atoms with van der Waals surface area (Å²) in [6, 6.07) is 5.46. The number of carbonyl (C=O) groups is 1. The van der Waals surface area contributed by atoms with Gasteiger partial charge in [0.15, 0.2) is 0 Å². The molecule has 1 N–H and O–H groups in total. The molecule has 1 amide bonds. The topological polar surface area (TPSA) is 35.6 Å². The van der Waals surface area contributed by atoms with Gasteiger partial charge >= 0.3 is 6.18 Å². The van der Waals surface area contributed by atoms with Crippen LogP contribution in [0, 0.1) is 5.92 Å². The molecule has 2 aliphatic rings. The summed E-state index contributed by atoms with van der Waals surface area (Å²) in [4.78, 5) is 16.1. The maximum absolute atomic E-state index is 12.7. The van der Waals surface area contributed by atoms with Gasteiger partial charge in [0.1, 0.15) is 0 Å². The second-order valence-corrected chi connectivity index (χ2v) is 6.15. The molecule has 0 bridgehead atoms. The van der Waals surface area contributed by atoms with Crippen LogP contribution >= 0.6 is 0 Å². The molecule has 2 aliphatic heterocycles. The van der Waals surface area contributed by atoms with E-state index in [4.69, 9.17) is 0 Å². The lowest BCUT2D eigenvalue weighted by molar-refractivity contribution is -0.139. The smallest absolute Gasteiger partial charge is 0.340 e. The van der Waals surface area contributed by atoms with E-state index in [1.54, 1.807) is 6.07 Å². The average Bonchev–Trinajstić information content (AvgIpc) is 2.45. The van der Waals surface area contributed by atoms with Crippen LogP contribution in [0.15, 0.2) is 24.3 Å². The fourth-order valence-corrected chi connectivity index (χ4v) is 2.95. The van der Waals surface area contributed by atoms with E-state index in [0.29, 0.717) is 38.3 Å². The third-order valence-corrected chi connectivity index (χ3v) is 4.48. The van der Waals surface area contributed by atoms with Crippen LogP contribution in [-0.2, 0) is 17.5 Å². The van der Waals surface area contributed by atoms with E-state index in [1.165, 1.54) is 12.1 Å². The van der Waals surface area contributed by atoms with Crippen molar-refractivity contribution in [2.75, 3.05) is 39.3 Å². The highest BCUT2D eigenvalue weighted by atomic mass is 19.4. The maximum Gasteiger partial charge on any atom is 0.416 e. The summed E-state index contributed by atoms with van der Waals surface area (Å²) in [5.74, 6) is 0.299. The van der Waals surface area contributed by atoms with E-state index in [1.807, 2.05) is 4.90 Å². The molecular weight excluding hydrogens is 307 g/mol. The minimum Gasteiger partial charge on any atom is -0.340 e. The molecule has 2 saturated heterocycles. The lowest BCUT2D eigenvalue weighted by atomic mass is 10.0. The van der Waals surface area contributed by atoms with Crippen molar-refractivity contribution in [2.45, 2.75) is 12.7 Å². The maximum atomic E-state index is 12.7. The van der Waals surface area contributed by atoms with Crippen molar-refractivity contribution in [1.29, 1.82) is 0 Å². The van der Waals surface area contributed by atoms with Crippen molar-refractivity contribution >= 4 is 5.91 Å². The molecule has 1 aromatic rings. The molecule has 3 rings (SSSR count). The number of benzene rings is 1. The summed E-state index contributed by atoms with van der Waals surface area (Å²) in [7, 11) is 0. The first-order chi connectivity index (χ1) is 10.9. The molecule has 0 unspecified atom stereocenters. The Labute approximate surface area is 133 Å². The van der Waals surface area contributed by atoms with E-state index < -0.39 is 11.7 Å². The van der Waals surface area contributed by atoms with Crippen LogP contribution in [0.1, 0.15) is 11.1 Å². The number of amides is 1. The fourth-order valence-electron chi connectivity index (χ4n) is 2.95. The SMILES string of the molecule is O=C(C1CNC1)N1CCN(Cc2cccc(C(F)(F)F)c2)CC1. The van der Waals surface area contributed by atoms with Crippen LogP contribution in [-0.4, -0.2) is 55.0 Å². The van der Waals surface area contributed by atoms with Crippen molar-refractivity contribution in [1.82, 2.24) is 15.1 Å². The molecule has 0 aliphatic carbocycles. The minimum atomic E-state index is -4.31. The molecule has 7 heteroatoms. The van der Waals surface area contributed by atoms with Crippen molar-refractivity contribution in [3.63, 3.8) is 0 Å². The van der Waals surface area contributed by atoms with Crippen LogP contribution in [0.5, 0.6) is 0 Å². The van der Waals surface area contributed by atoms with Crippen LogP contribution in [0.4, 0.5) is 13.2 Å². The van der Waals surface area contributed by atoms with Crippen LogP contribution < -0.4 is 5.32 Å². The van der Waals surface area contributed by atoms with Crippen LogP contribution in [0.3, 0.4) is 0 Å². The van der Waals surface area contributed by atoms with Crippen LogP contribution in [0.25, 0.3) is 0 Å². The normalized spacial score (nSPS) is 20.4. The summed E-state index contributed by atoms with van der Waals surface area (Å²) in [6.07, 6.45) is -4.31. The lowest BCUT2D eigenvalue weighted by Crippen LogP contribution is -2.56. The van der Waals surface area contributed by atoms with Gasteiger partial charge in [0.05, 0.1) is 11.5 Å². The van der Waals surface area contributed by atoms with Gasteiger partial charge in [0.2, 0.25) is 5.91 Å². The van der Waals surface area contributed by atoms with Gasteiger partial charge in [-0.3, -0.25) is 9.69 Å². The number of halogens is 3. The number of nitrogens with one attached hydrogen (secondary N) is 1. The summed E-state index contributed by atoms with van der Waals surface area (Å²) >= 11 is 0.